The summed E-state index contributed by atoms with van der Waals surface area (Å²) in [6.07, 6.45) is 6.44. The van der Waals surface area contributed by atoms with Crippen molar-refractivity contribution in [3.63, 3.8) is 0 Å². The van der Waals surface area contributed by atoms with Gasteiger partial charge < -0.3 is 9.88 Å². The molecule has 2 rings (SSSR count). The monoisotopic (exact) mass is 165 g/mol. The highest BCUT2D eigenvalue weighted by atomic mass is 15.1. The fourth-order valence-electron chi connectivity index (χ4n) is 1.82. The molecule has 1 aromatic rings. The fourth-order valence-corrected chi connectivity index (χ4v) is 1.82. The highest BCUT2D eigenvalue weighted by molar-refractivity contribution is 5.06. The van der Waals surface area contributed by atoms with Gasteiger partial charge >= 0.3 is 0 Å². The first kappa shape index (κ1) is 7.80. The zero-order chi connectivity index (χ0) is 8.39. The summed E-state index contributed by atoms with van der Waals surface area (Å²) in [5.74, 6) is 0. The quantitative estimate of drug-likeness (QED) is 0.716. The van der Waals surface area contributed by atoms with E-state index in [4.69, 9.17) is 0 Å². The van der Waals surface area contributed by atoms with Crippen molar-refractivity contribution in [2.24, 2.45) is 0 Å². The molecule has 3 nitrogen and oxygen atoms in total. The molecule has 1 atom stereocenters. The lowest BCUT2D eigenvalue weighted by Crippen LogP contribution is -2.16. The third-order valence-corrected chi connectivity index (χ3v) is 2.50. The number of rotatable bonds is 2. The van der Waals surface area contributed by atoms with Crippen molar-refractivity contribution >= 4 is 0 Å². The second kappa shape index (κ2) is 3.27. The Morgan fingerprint density at radius 1 is 1.75 bits per heavy atom. The minimum atomic E-state index is 0.549. The smallest absolute Gasteiger partial charge is 0.0948 e. The number of aromatic nitrogens is 2. The Balaban J connectivity index is 2.19. The number of hydrogen-bond acceptors (Lipinski definition) is 2. The SMILES string of the molecule is CCn1cncc1C1CCCN1. The van der Waals surface area contributed by atoms with Gasteiger partial charge in [-0.3, -0.25) is 0 Å². The van der Waals surface area contributed by atoms with Crippen LogP contribution in [0.5, 0.6) is 0 Å². The van der Waals surface area contributed by atoms with Gasteiger partial charge in [-0.1, -0.05) is 0 Å². The molecule has 0 amide bonds. The van der Waals surface area contributed by atoms with E-state index in [-0.39, 0.29) is 0 Å². The lowest BCUT2D eigenvalue weighted by molar-refractivity contribution is 0.577. The number of nitrogens with zero attached hydrogens (tertiary/aromatic N) is 2. The molecule has 1 aliphatic rings. The van der Waals surface area contributed by atoms with Crippen LogP contribution in [0.25, 0.3) is 0 Å². The number of hydrogen-bond donors (Lipinski definition) is 1. The lowest BCUT2D eigenvalue weighted by Gasteiger charge is -2.11. The third kappa shape index (κ3) is 1.25. The Morgan fingerprint density at radius 3 is 3.33 bits per heavy atom. The van der Waals surface area contributed by atoms with Crippen LogP contribution in [0.1, 0.15) is 31.5 Å². The van der Waals surface area contributed by atoms with E-state index in [2.05, 4.69) is 21.8 Å². The van der Waals surface area contributed by atoms with Gasteiger partial charge in [0.15, 0.2) is 0 Å². The summed E-state index contributed by atoms with van der Waals surface area (Å²) in [5, 5.41) is 3.47. The van der Waals surface area contributed by atoms with E-state index < -0.39 is 0 Å². The molecule has 3 heteroatoms. The Bertz CT molecular complexity index is 248. The predicted molar refractivity (Wildman–Crippen MR) is 47.9 cm³/mol. The van der Waals surface area contributed by atoms with Gasteiger partial charge in [0.25, 0.3) is 0 Å². The molecular weight excluding hydrogens is 150 g/mol. The van der Waals surface area contributed by atoms with Gasteiger partial charge in [0.05, 0.1) is 12.0 Å². The van der Waals surface area contributed by atoms with Crippen LogP contribution < -0.4 is 5.32 Å². The third-order valence-electron chi connectivity index (χ3n) is 2.50. The van der Waals surface area contributed by atoms with E-state index in [0.717, 1.165) is 13.1 Å². The number of nitrogens with one attached hydrogen (secondary N) is 1. The molecule has 1 aromatic heterocycles. The van der Waals surface area contributed by atoms with E-state index in [0.29, 0.717) is 6.04 Å². The van der Waals surface area contributed by atoms with Crippen LogP contribution in [0.2, 0.25) is 0 Å². The van der Waals surface area contributed by atoms with Crippen LogP contribution in [-0.4, -0.2) is 16.1 Å². The summed E-state index contributed by atoms with van der Waals surface area (Å²) in [7, 11) is 0. The van der Waals surface area contributed by atoms with Crippen molar-refractivity contribution in [2.45, 2.75) is 32.4 Å². The first-order valence-electron chi connectivity index (χ1n) is 4.65. The van der Waals surface area contributed by atoms with Crippen LogP contribution in [0.15, 0.2) is 12.5 Å². The number of imidazole rings is 1. The second-order valence-electron chi connectivity index (χ2n) is 3.25. The average Bonchev–Trinajstić information content (AvgIpc) is 2.74. The van der Waals surface area contributed by atoms with Gasteiger partial charge in [0, 0.05) is 18.8 Å². The molecule has 66 valence electrons. The summed E-state index contributed by atoms with van der Waals surface area (Å²) >= 11 is 0. The van der Waals surface area contributed by atoms with Crippen molar-refractivity contribution in [1.82, 2.24) is 14.9 Å². The number of aryl methyl sites for hydroxylation is 1. The van der Waals surface area contributed by atoms with Crippen molar-refractivity contribution in [3.8, 4) is 0 Å². The fraction of sp³-hybridized carbons (Fsp3) is 0.667. The van der Waals surface area contributed by atoms with E-state index in [1.54, 1.807) is 0 Å². The van der Waals surface area contributed by atoms with E-state index >= 15 is 0 Å². The molecule has 1 fully saturated rings. The van der Waals surface area contributed by atoms with Gasteiger partial charge in [0.2, 0.25) is 0 Å². The highest BCUT2D eigenvalue weighted by Crippen LogP contribution is 2.22. The molecule has 0 radical (unpaired) electrons. The van der Waals surface area contributed by atoms with E-state index in [1.165, 1.54) is 18.5 Å². The van der Waals surface area contributed by atoms with Gasteiger partial charge in [-0.2, -0.15) is 0 Å². The zero-order valence-electron chi connectivity index (χ0n) is 7.45. The molecule has 0 spiro atoms. The Hall–Kier alpha value is -0.830. The molecule has 1 aliphatic heterocycles. The van der Waals surface area contributed by atoms with Gasteiger partial charge in [-0.05, 0) is 26.3 Å². The van der Waals surface area contributed by atoms with Crippen molar-refractivity contribution in [3.05, 3.63) is 18.2 Å². The topological polar surface area (TPSA) is 29.9 Å². The molecule has 1 saturated heterocycles. The largest absolute Gasteiger partial charge is 0.333 e. The first-order valence-corrected chi connectivity index (χ1v) is 4.65. The normalized spacial score (nSPS) is 23.2. The molecule has 1 unspecified atom stereocenters. The Kier molecular flexibility index (Phi) is 2.13. The zero-order valence-corrected chi connectivity index (χ0v) is 7.45. The maximum atomic E-state index is 4.16. The summed E-state index contributed by atoms with van der Waals surface area (Å²) in [6, 6.07) is 0.549. The summed E-state index contributed by atoms with van der Waals surface area (Å²) in [5.41, 5.74) is 1.34. The molecule has 0 aliphatic carbocycles. The van der Waals surface area contributed by atoms with Gasteiger partial charge in [-0.15, -0.1) is 0 Å². The average molecular weight is 165 g/mol. The maximum absolute atomic E-state index is 4.16. The lowest BCUT2D eigenvalue weighted by atomic mass is 10.2. The predicted octanol–water partition coefficient (Wildman–Crippen LogP) is 1.33. The van der Waals surface area contributed by atoms with Crippen LogP contribution >= 0.6 is 0 Å². The Morgan fingerprint density at radius 2 is 2.67 bits per heavy atom. The molecule has 0 aromatic carbocycles. The molecule has 12 heavy (non-hydrogen) atoms. The molecule has 0 bridgehead atoms. The summed E-state index contributed by atoms with van der Waals surface area (Å²) in [6.45, 7) is 4.33. The van der Waals surface area contributed by atoms with Gasteiger partial charge in [-0.25, -0.2) is 4.98 Å². The van der Waals surface area contributed by atoms with Crippen molar-refractivity contribution < 1.29 is 0 Å². The van der Waals surface area contributed by atoms with Crippen LogP contribution in [0, 0.1) is 0 Å². The van der Waals surface area contributed by atoms with E-state index in [9.17, 15) is 0 Å². The molecule has 0 saturated carbocycles. The van der Waals surface area contributed by atoms with Crippen LogP contribution in [0.4, 0.5) is 0 Å². The molecule has 2 heterocycles. The van der Waals surface area contributed by atoms with E-state index in [1.807, 2.05) is 12.5 Å². The molecule has 1 N–H and O–H groups in total. The Labute approximate surface area is 72.8 Å². The first-order chi connectivity index (χ1) is 5.92. The minimum Gasteiger partial charge on any atom is -0.333 e. The van der Waals surface area contributed by atoms with Crippen LogP contribution in [-0.2, 0) is 6.54 Å². The van der Waals surface area contributed by atoms with Crippen LogP contribution in [0.3, 0.4) is 0 Å². The second-order valence-corrected chi connectivity index (χ2v) is 3.25. The standard InChI is InChI=1S/C9H15N3/c1-2-12-7-10-6-9(12)8-4-3-5-11-8/h6-8,11H,2-5H2,1H3. The summed E-state index contributed by atoms with van der Waals surface area (Å²) < 4.78 is 2.21. The summed E-state index contributed by atoms with van der Waals surface area (Å²) in [4.78, 5) is 4.16. The van der Waals surface area contributed by atoms with Crippen molar-refractivity contribution in [2.75, 3.05) is 6.54 Å². The minimum absolute atomic E-state index is 0.549. The highest BCUT2D eigenvalue weighted by Gasteiger charge is 2.18. The molecular formula is C9H15N3. The maximum Gasteiger partial charge on any atom is 0.0948 e. The van der Waals surface area contributed by atoms with Crippen molar-refractivity contribution in [1.29, 1.82) is 0 Å². The van der Waals surface area contributed by atoms with Gasteiger partial charge in [0.1, 0.15) is 0 Å².